The molecule has 2 aliphatic heterocycles. The maximum absolute atomic E-state index is 13.4. The second kappa shape index (κ2) is 11.7. The minimum Gasteiger partial charge on any atom is -0.489 e. The summed E-state index contributed by atoms with van der Waals surface area (Å²) >= 11 is 0. The summed E-state index contributed by atoms with van der Waals surface area (Å²) in [7, 11) is -3.52. The average molecular weight is 579 g/mol. The number of ether oxygens (including phenoxy) is 1. The topological polar surface area (TPSA) is 126 Å². The number of aromatic nitrogens is 2. The molecule has 3 N–H and O–H groups in total. The van der Waals surface area contributed by atoms with Gasteiger partial charge < -0.3 is 25.6 Å². The molecule has 1 amide bonds. The Morgan fingerprint density at radius 3 is 2.59 bits per heavy atom. The second-order valence-corrected chi connectivity index (χ2v) is 13.6. The number of para-hydroxylation sites is 1. The molecule has 0 radical (unpaired) electrons. The summed E-state index contributed by atoms with van der Waals surface area (Å²) in [6.07, 6.45) is 3.62. The van der Waals surface area contributed by atoms with E-state index >= 15 is 0 Å². The molecule has 0 bridgehead atoms. The van der Waals surface area contributed by atoms with Gasteiger partial charge in [-0.2, -0.15) is 4.98 Å². The molecule has 0 spiro atoms. The van der Waals surface area contributed by atoms with E-state index in [0.29, 0.717) is 35.1 Å². The quantitative estimate of drug-likeness (QED) is 0.323. The molecule has 0 aliphatic carbocycles. The van der Waals surface area contributed by atoms with Crippen molar-refractivity contribution in [2.45, 2.75) is 76.3 Å². The van der Waals surface area contributed by atoms with Gasteiger partial charge in [0.25, 0.3) is 5.91 Å². The summed E-state index contributed by atoms with van der Waals surface area (Å²) in [5.74, 6) is 1.38. The number of amides is 1. The van der Waals surface area contributed by atoms with Crippen LogP contribution in [0.3, 0.4) is 0 Å². The van der Waals surface area contributed by atoms with Crippen LogP contribution in [0.5, 0.6) is 5.75 Å². The van der Waals surface area contributed by atoms with Crippen LogP contribution in [0.2, 0.25) is 0 Å². The van der Waals surface area contributed by atoms with Gasteiger partial charge in [0, 0.05) is 36.5 Å². The summed E-state index contributed by atoms with van der Waals surface area (Å²) < 4.78 is 32.1. The first-order valence-corrected chi connectivity index (χ1v) is 15.6. The number of carbonyl (C=O) groups is 1. The molecular formula is C30H38N6O4S. The van der Waals surface area contributed by atoms with Crippen LogP contribution in [0.15, 0.2) is 47.5 Å². The average Bonchev–Trinajstić information content (AvgIpc) is 3.26. The molecule has 5 rings (SSSR count). The highest BCUT2D eigenvalue weighted by molar-refractivity contribution is 7.92. The van der Waals surface area contributed by atoms with Gasteiger partial charge in [0.2, 0.25) is 5.95 Å². The summed E-state index contributed by atoms with van der Waals surface area (Å²) in [4.78, 5) is 24.7. The Balaban J connectivity index is 1.45. The molecule has 3 heterocycles. The van der Waals surface area contributed by atoms with Gasteiger partial charge in [0.15, 0.2) is 9.84 Å². The van der Waals surface area contributed by atoms with Crippen LogP contribution in [0, 0.1) is 6.92 Å². The van der Waals surface area contributed by atoms with Crippen LogP contribution in [0.25, 0.3) is 0 Å². The van der Waals surface area contributed by atoms with Crippen molar-refractivity contribution >= 4 is 38.9 Å². The first kappa shape index (κ1) is 28.8. The van der Waals surface area contributed by atoms with Crippen LogP contribution in [0.4, 0.5) is 23.1 Å². The van der Waals surface area contributed by atoms with Crippen molar-refractivity contribution in [1.29, 1.82) is 0 Å². The van der Waals surface area contributed by atoms with Crippen LogP contribution < -0.4 is 20.7 Å². The predicted octanol–water partition coefficient (Wildman–Crippen LogP) is 4.95. The predicted molar refractivity (Wildman–Crippen MR) is 160 cm³/mol. The zero-order valence-corrected chi connectivity index (χ0v) is 25.0. The lowest BCUT2D eigenvalue weighted by Gasteiger charge is -2.31. The lowest BCUT2D eigenvalue weighted by molar-refractivity contribution is 0.0674. The van der Waals surface area contributed by atoms with E-state index in [0.717, 1.165) is 37.1 Å². The van der Waals surface area contributed by atoms with E-state index in [9.17, 15) is 13.2 Å². The highest BCUT2D eigenvalue weighted by Gasteiger charge is 2.34. The van der Waals surface area contributed by atoms with E-state index < -0.39 is 15.1 Å². The number of piperidine rings is 1. The summed E-state index contributed by atoms with van der Waals surface area (Å²) in [5.41, 5.74) is 3.36. The van der Waals surface area contributed by atoms with Crippen molar-refractivity contribution < 1.29 is 17.9 Å². The second-order valence-electron chi connectivity index (χ2n) is 11.2. The highest BCUT2D eigenvalue weighted by atomic mass is 32.2. The molecule has 1 atom stereocenters. The van der Waals surface area contributed by atoms with Crippen LogP contribution in [0.1, 0.15) is 62.0 Å². The Kier molecular flexibility index (Phi) is 8.19. The van der Waals surface area contributed by atoms with E-state index in [4.69, 9.17) is 4.74 Å². The molecule has 10 nitrogen and oxygen atoms in total. The zero-order chi connectivity index (χ0) is 29.3. The van der Waals surface area contributed by atoms with E-state index in [1.165, 1.54) is 0 Å². The largest absolute Gasteiger partial charge is 0.489 e. The smallest absolute Gasteiger partial charge is 0.254 e. The fraction of sp³-hybridized carbons (Fsp3) is 0.433. The zero-order valence-electron chi connectivity index (χ0n) is 24.2. The molecule has 1 saturated heterocycles. The number of anilines is 4. The first-order valence-electron chi connectivity index (χ1n) is 14.1. The Morgan fingerprint density at radius 2 is 1.88 bits per heavy atom. The summed E-state index contributed by atoms with van der Waals surface area (Å²) in [5, 5.41) is 9.28. The maximum atomic E-state index is 13.4. The van der Waals surface area contributed by atoms with Gasteiger partial charge in [-0.3, -0.25) is 4.79 Å². The number of nitrogens with zero attached hydrogens (tertiary/aromatic N) is 3. The molecular weight excluding hydrogens is 540 g/mol. The molecule has 0 saturated carbocycles. The van der Waals surface area contributed by atoms with Crippen LogP contribution >= 0.6 is 0 Å². The molecule has 0 unspecified atom stereocenters. The minimum atomic E-state index is -3.52. The number of sulfone groups is 1. The third kappa shape index (κ3) is 6.01. The minimum absolute atomic E-state index is 0.0167. The van der Waals surface area contributed by atoms with Gasteiger partial charge in [-0.25, -0.2) is 13.4 Å². The number of fused-ring (bicyclic) bond motifs is 1. The van der Waals surface area contributed by atoms with Gasteiger partial charge in [0.1, 0.15) is 11.6 Å². The lowest BCUT2D eigenvalue weighted by atomic mass is 10.1. The molecule has 1 aromatic heterocycles. The fourth-order valence-corrected chi connectivity index (χ4v) is 6.36. The highest BCUT2D eigenvalue weighted by Crippen LogP contribution is 2.37. The van der Waals surface area contributed by atoms with E-state index in [1.54, 1.807) is 44.3 Å². The molecule has 41 heavy (non-hydrogen) atoms. The van der Waals surface area contributed by atoms with Crippen molar-refractivity contribution in [3.8, 4) is 5.75 Å². The van der Waals surface area contributed by atoms with Crippen LogP contribution in [-0.2, 0) is 16.4 Å². The number of carbonyl (C=O) groups excluding carboxylic acids is 1. The van der Waals surface area contributed by atoms with E-state index in [2.05, 4.69) is 25.9 Å². The van der Waals surface area contributed by atoms with Crippen molar-refractivity contribution in [2.75, 3.05) is 23.7 Å². The molecule has 2 aromatic carbocycles. The van der Waals surface area contributed by atoms with Gasteiger partial charge in [-0.1, -0.05) is 12.1 Å². The van der Waals surface area contributed by atoms with Gasteiger partial charge in [-0.15, -0.1) is 0 Å². The number of hydrogen-bond donors (Lipinski definition) is 3. The fourth-order valence-electron chi connectivity index (χ4n) is 5.15. The number of rotatable bonds is 9. The Labute approximate surface area is 241 Å². The summed E-state index contributed by atoms with van der Waals surface area (Å²) in [6.45, 7) is 11.4. The molecule has 2 aliphatic rings. The SMILES string of the molecule is Cc1cnc(Nc2cc3c(cc2OC(C)C)CN([C@H]2CCCNC2)C3=O)nc1Nc1ccccc1S(=O)(=O)C(C)C. The monoisotopic (exact) mass is 578 g/mol. The van der Waals surface area contributed by atoms with Crippen LogP contribution in [-0.4, -0.2) is 59.7 Å². The Bertz CT molecular complexity index is 1550. The Hall–Kier alpha value is -3.70. The molecule has 3 aromatic rings. The molecule has 11 heteroatoms. The van der Waals surface area contributed by atoms with Crippen molar-refractivity contribution in [2.24, 2.45) is 0 Å². The number of aryl methyl sites for hydroxylation is 1. The standard InChI is InChI=1S/C30H38N6O4S/c1-18(2)40-26-13-21-17-36(22-9-8-12-31-16-22)29(37)23(21)14-25(26)34-30-32-15-20(5)28(35-30)33-24-10-6-7-11-27(24)41(38,39)19(3)4/h6-7,10-11,13-15,18-19,22,31H,8-9,12,16-17H2,1-5H3,(H2,32,33,34,35)/t22-/m0/s1. The van der Waals surface area contributed by atoms with Gasteiger partial charge >= 0.3 is 0 Å². The third-order valence-corrected chi connectivity index (χ3v) is 9.61. The van der Waals surface area contributed by atoms with Gasteiger partial charge in [0.05, 0.1) is 27.6 Å². The number of hydrogen-bond acceptors (Lipinski definition) is 9. The van der Waals surface area contributed by atoms with E-state index in [-0.39, 0.29) is 28.9 Å². The lowest BCUT2D eigenvalue weighted by Crippen LogP contribution is -2.46. The molecule has 218 valence electrons. The van der Waals surface area contributed by atoms with Gasteiger partial charge in [-0.05, 0) is 83.8 Å². The maximum Gasteiger partial charge on any atom is 0.254 e. The normalized spacial score (nSPS) is 17.2. The number of nitrogens with one attached hydrogen (secondary N) is 3. The van der Waals surface area contributed by atoms with Crippen molar-refractivity contribution in [1.82, 2.24) is 20.2 Å². The molecule has 1 fully saturated rings. The Morgan fingerprint density at radius 1 is 1.10 bits per heavy atom. The first-order chi connectivity index (χ1) is 19.5. The van der Waals surface area contributed by atoms with Crippen molar-refractivity contribution in [3.05, 3.63) is 59.3 Å². The third-order valence-electron chi connectivity index (χ3n) is 7.40. The van der Waals surface area contributed by atoms with E-state index in [1.807, 2.05) is 37.8 Å². The van der Waals surface area contributed by atoms with Crippen molar-refractivity contribution in [3.63, 3.8) is 0 Å². The summed E-state index contributed by atoms with van der Waals surface area (Å²) in [6, 6.07) is 10.7. The number of benzene rings is 2.